The molecule has 0 atom stereocenters. The van der Waals surface area contributed by atoms with E-state index in [1.807, 2.05) is 0 Å². The summed E-state index contributed by atoms with van der Waals surface area (Å²) in [5.41, 5.74) is 5.38. The van der Waals surface area contributed by atoms with Crippen LogP contribution in [0.15, 0.2) is 42.5 Å². The molecule has 2 aromatic carbocycles. The molecule has 23 heavy (non-hydrogen) atoms. The van der Waals surface area contributed by atoms with Gasteiger partial charge in [0.2, 0.25) is 0 Å². The molecule has 0 aliphatic heterocycles. The van der Waals surface area contributed by atoms with Crippen molar-refractivity contribution in [3.63, 3.8) is 0 Å². The Bertz CT molecular complexity index is 607. The van der Waals surface area contributed by atoms with Crippen molar-refractivity contribution in [2.45, 2.75) is 46.7 Å². The van der Waals surface area contributed by atoms with Gasteiger partial charge in [0.15, 0.2) is 0 Å². The molecule has 0 aliphatic carbocycles. The number of ether oxygens (including phenoxy) is 1. The summed E-state index contributed by atoms with van der Waals surface area (Å²) < 4.78 is 5.43. The predicted octanol–water partition coefficient (Wildman–Crippen LogP) is 5.11. The largest absolute Gasteiger partial charge is 0.496 e. The maximum Gasteiger partial charge on any atom is 0.122 e. The van der Waals surface area contributed by atoms with E-state index in [-0.39, 0.29) is 0 Å². The average molecular weight is 311 g/mol. The molecule has 0 aliphatic rings. The average Bonchev–Trinajstić information content (AvgIpc) is 2.58. The van der Waals surface area contributed by atoms with Crippen LogP contribution < -0.4 is 4.74 Å². The Morgan fingerprint density at radius 1 is 0.913 bits per heavy atom. The van der Waals surface area contributed by atoms with Gasteiger partial charge >= 0.3 is 0 Å². The summed E-state index contributed by atoms with van der Waals surface area (Å²) in [7, 11) is 1.74. The van der Waals surface area contributed by atoms with Gasteiger partial charge in [-0.1, -0.05) is 49.7 Å². The van der Waals surface area contributed by atoms with E-state index in [2.05, 4.69) is 68.1 Å². The quantitative estimate of drug-likeness (QED) is 0.671. The first-order valence-electron chi connectivity index (χ1n) is 8.55. The second kappa shape index (κ2) is 8.73. The first kappa shape index (κ1) is 17.6. The standard InChI is InChI=1S/C21H29NO/c1-5-6-14-22(15-19-10-8-7-9-11-19)16-20-12-13-21(23-4)18(3)17(20)2/h7-13H,5-6,14-16H2,1-4H3. The van der Waals surface area contributed by atoms with Gasteiger partial charge in [0, 0.05) is 13.1 Å². The van der Waals surface area contributed by atoms with Crippen molar-refractivity contribution in [2.75, 3.05) is 13.7 Å². The highest BCUT2D eigenvalue weighted by Crippen LogP contribution is 2.25. The van der Waals surface area contributed by atoms with Gasteiger partial charge in [-0.15, -0.1) is 0 Å². The minimum absolute atomic E-state index is 0.981. The second-order valence-corrected chi connectivity index (χ2v) is 6.23. The molecule has 2 rings (SSSR count). The Labute approximate surface area is 141 Å². The summed E-state index contributed by atoms with van der Waals surface area (Å²) in [5.74, 6) is 0.981. The Morgan fingerprint density at radius 2 is 1.65 bits per heavy atom. The van der Waals surface area contributed by atoms with E-state index in [0.29, 0.717) is 0 Å². The molecule has 0 amide bonds. The molecule has 0 saturated carbocycles. The lowest BCUT2D eigenvalue weighted by atomic mass is 10.0. The molecule has 0 N–H and O–H groups in total. The molecule has 0 radical (unpaired) electrons. The van der Waals surface area contributed by atoms with E-state index in [9.17, 15) is 0 Å². The van der Waals surface area contributed by atoms with E-state index in [4.69, 9.17) is 4.74 Å². The maximum absolute atomic E-state index is 5.43. The van der Waals surface area contributed by atoms with Gasteiger partial charge in [-0.3, -0.25) is 4.90 Å². The molecule has 2 aromatic rings. The van der Waals surface area contributed by atoms with Crippen LogP contribution in [-0.2, 0) is 13.1 Å². The van der Waals surface area contributed by atoms with Crippen molar-refractivity contribution >= 4 is 0 Å². The van der Waals surface area contributed by atoms with Crippen molar-refractivity contribution in [2.24, 2.45) is 0 Å². The zero-order chi connectivity index (χ0) is 16.7. The lowest BCUT2D eigenvalue weighted by Gasteiger charge is -2.24. The summed E-state index contributed by atoms with van der Waals surface area (Å²) in [4.78, 5) is 2.55. The lowest BCUT2D eigenvalue weighted by molar-refractivity contribution is 0.252. The highest BCUT2D eigenvalue weighted by molar-refractivity contribution is 5.43. The van der Waals surface area contributed by atoms with E-state index in [1.165, 1.54) is 35.1 Å². The van der Waals surface area contributed by atoms with Crippen LogP contribution in [0.5, 0.6) is 5.75 Å². The number of nitrogens with zero attached hydrogens (tertiary/aromatic N) is 1. The number of hydrogen-bond acceptors (Lipinski definition) is 2. The number of benzene rings is 2. The van der Waals surface area contributed by atoms with Gasteiger partial charge < -0.3 is 4.74 Å². The summed E-state index contributed by atoms with van der Waals surface area (Å²) in [5, 5.41) is 0. The van der Waals surface area contributed by atoms with Crippen LogP contribution in [0.25, 0.3) is 0 Å². The normalized spacial score (nSPS) is 11.0. The van der Waals surface area contributed by atoms with Gasteiger partial charge in [0.05, 0.1) is 7.11 Å². The van der Waals surface area contributed by atoms with Crippen LogP contribution in [0.2, 0.25) is 0 Å². The van der Waals surface area contributed by atoms with Crippen LogP contribution in [0.1, 0.15) is 42.0 Å². The molecule has 2 heteroatoms. The summed E-state index contributed by atoms with van der Waals surface area (Å²) in [6.07, 6.45) is 2.47. The van der Waals surface area contributed by atoms with Crippen LogP contribution >= 0.6 is 0 Å². The van der Waals surface area contributed by atoms with E-state index in [0.717, 1.165) is 25.4 Å². The molecule has 0 aromatic heterocycles. The molecular weight excluding hydrogens is 282 g/mol. The third kappa shape index (κ3) is 4.84. The van der Waals surface area contributed by atoms with Crippen LogP contribution in [0, 0.1) is 13.8 Å². The summed E-state index contributed by atoms with van der Waals surface area (Å²) in [6.45, 7) is 9.73. The molecule has 0 saturated heterocycles. The van der Waals surface area contributed by atoms with Gasteiger partial charge in [-0.25, -0.2) is 0 Å². The topological polar surface area (TPSA) is 12.5 Å². The van der Waals surface area contributed by atoms with Gasteiger partial charge in [-0.05, 0) is 55.1 Å². The number of hydrogen-bond donors (Lipinski definition) is 0. The highest BCUT2D eigenvalue weighted by Gasteiger charge is 2.11. The van der Waals surface area contributed by atoms with Crippen LogP contribution in [-0.4, -0.2) is 18.6 Å². The fourth-order valence-corrected chi connectivity index (χ4v) is 2.92. The SMILES string of the molecule is CCCCN(Cc1ccccc1)Cc1ccc(OC)c(C)c1C. The zero-order valence-electron chi connectivity index (χ0n) is 14.9. The molecule has 0 unspecified atom stereocenters. The molecular formula is C21H29NO. The maximum atomic E-state index is 5.43. The molecule has 0 fully saturated rings. The number of unbranched alkanes of at least 4 members (excludes halogenated alkanes) is 1. The number of rotatable bonds is 8. The molecule has 124 valence electrons. The van der Waals surface area contributed by atoms with Gasteiger partial charge in [-0.2, -0.15) is 0 Å². The Kier molecular flexibility index (Phi) is 6.66. The van der Waals surface area contributed by atoms with Crippen LogP contribution in [0.3, 0.4) is 0 Å². The predicted molar refractivity (Wildman–Crippen MR) is 97.9 cm³/mol. The Morgan fingerprint density at radius 3 is 2.30 bits per heavy atom. The summed E-state index contributed by atoms with van der Waals surface area (Å²) in [6, 6.07) is 15.1. The van der Waals surface area contributed by atoms with Crippen molar-refractivity contribution in [1.29, 1.82) is 0 Å². The minimum Gasteiger partial charge on any atom is -0.496 e. The first-order valence-corrected chi connectivity index (χ1v) is 8.55. The Balaban J connectivity index is 2.15. The molecule has 2 nitrogen and oxygen atoms in total. The second-order valence-electron chi connectivity index (χ2n) is 6.23. The first-order chi connectivity index (χ1) is 11.2. The van der Waals surface area contributed by atoms with Crippen molar-refractivity contribution in [3.05, 3.63) is 64.7 Å². The van der Waals surface area contributed by atoms with E-state index in [1.54, 1.807) is 7.11 Å². The van der Waals surface area contributed by atoms with E-state index < -0.39 is 0 Å². The van der Waals surface area contributed by atoms with Gasteiger partial charge in [0.25, 0.3) is 0 Å². The summed E-state index contributed by atoms with van der Waals surface area (Å²) >= 11 is 0. The van der Waals surface area contributed by atoms with Gasteiger partial charge in [0.1, 0.15) is 5.75 Å². The fraction of sp³-hybridized carbons (Fsp3) is 0.429. The number of methoxy groups -OCH3 is 1. The third-order valence-electron chi connectivity index (χ3n) is 4.54. The smallest absolute Gasteiger partial charge is 0.122 e. The molecule has 0 bridgehead atoms. The lowest BCUT2D eigenvalue weighted by Crippen LogP contribution is -2.24. The molecule has 0 spiro atoms. The third-order valence-corrected chi connectivity index (χ3v) is 4.54. The van der Waals surface area contributed by atoms with E-state index >= 15 is 0 Å². The zero-order valence-corrected chi connectivity index (χ0v) is 14.9. The minimum atomic E-state index is 0.981. The highest BCUT2D eigenvalue weighted by atomic mass is 16.5. The monoisotopic (exact) mass is 311 g/mol. The van der Waals surface area contributed by atoms with Crippen molar-refractivity contribution < 1.29 is 4.74 Å². The molecule has 0 heterocycles. The van der Waals surface area contributed by atoms with Crippen LogP contribution in [0.4, 0.5) is 0 Å². The fourth-order valence-electron chi connectivity index (χ4n) is 2.92. The Hall–Kier alpha value is -1.80. The van der Waals surface area contributed by atoms with Crippen molar-refractivity contribution in [1.82, 2.24) is 4.90 Å². The van der Waals surface area contributed by atoms with Crippen molar-refractivity contribution in [3.8, 4) is 5.75 Å².